The van der Waals surface area contributed by atoms with E-state index in [0.29, 0.717) is 6.42 Å². The van der Waals surface area contributed by atoms with E-state index in [-0.39, 0.29) is 37.5 Å². The van der Waals surface area contributed by atoms with Crippen LogP contribution in [0.2, 0.25) is 0 Å². The molecule has 0 aliphatic carbocycles. The Morgan fingerprint density at radius 2 is 2.00 bits per heavy atom. The number of anilines is 1. The van der Waals surface area contributed by atoms with Crippen LogP contribution in [0.15, 0.2) is 36.4 Å². The number of fused-ring (bicyclic) bond motifs is 1. The first-order valence-corrected chi connectivity index (χ1v) is 9.60. The van der Waals surface area contributed by atoms with Crippen LogP contribution in [0.5, 0.6) is 0 Å². The molecule has 2 aromatic rings. The van der Waals surface area contributed by atoms with Crippen LogP contribution >= 0.6 is 0 Å². The molecule has 1 aliphatic rings. The average Bonchev–Trinajstić information content (AvgIpc) is 2.66. The fraction of sp³-hybridized carbons (Fsp3) is 0.409. The van der Waals surface area contributed by atoms with E-state index in [4.69, 9.17) is 10.2 Å². The highest BCUT2D eigenvalue weighted by molar-refractivity contribution is 5.78. The minimum atomic E-state index is -0.202. The SMILES string of the molecule is CCO.Cc1cc(F)cc([C@@H]2CCc3cc(CC(=O)NCCO)ccc3N2)c1. The average molecular weight is 388 g/mol. The van der Waals surface area contributed by atoms with E-state index in [1.807, 2.05) is 31.2 Å². The van der Waals surface area contributed by atoms with Crippen molar-refractivity contribution in [1.29, 1.82) is 0 Å². The first-order valence-electron chi connectivity index (χ1n) is 9.60. The number of nitrogens with one attached hydrogen (secondary N) is 2. The molecule has 5 nitrogen and oxygen atoms in total. The molecule has 3 rings (SSSR count). The van der Waals surface area contributed by atoms with Gasteiger partial charge in [-0.1, -0.05) is 18.2 Å². The first-order chi connectivity index (χ1) is 13.5. The number of hydrogen-bond donors (Lipinski definition) is 4. The second-order valence-corrected chi connectivity index (χ2v) is 6.86. The van der Waals surface area contributed by atoms with Crippen molar-refractivity contribution >= 4 is 11.6 Å². The Hall–Kier alpha value is -2.44. The van der Waals surface area contributed by atoms with E-state index >= 15 is 0 Å². The van der Waals surface area contributed by atoms with Crippen molar-refractivity contribution in [2.75, 3.05) is 25.1 Å². The summed E-state index contributed by atoms with van der Waals surface area (Å²) >= 11 is 0. The van der Waals surface area contributed by atoms with Gasteiger partial charge in [0.15, 0.2) is 0 Å². The third kappa shape index (κ3) is 6.32. The van der Waals surface area contributed by atoms with Crippen molar-refractivity contribution in [3.63, 3.8) is 0 Å². The van der Waals surface area contributed by atoms with Gasteiger partial charge >= 0.3 is 0 Å². The molecule has 2 aromatic carbocycles. The molecule has 0 spiro atoms. The fourth-order valence-corrected chi connectivity index (χ4v) is 3.32. The first kappa shape index (κ1) is 21.9. The molecule has 1 aliphatic heterocycles. The van der Waals surface area contributed by atoms with Crippen molar-refractivity contribution < 1.29 is 19.4 Å². The van der Waals surface area contributed by atoms with Gasteiger partial charge in [0.25, 0.3) is 0 Å². The van der Waals surface area contributed by atoms with E-state index in [1.54, 1.807) is 13.0 Å². The van der Waals surface area contributed by atoms with Gasteiger partial charge in [0.2, 0.25) is 5.91 Å². The van der Waals surface area contributed by atoms with Gasteiger partial charge in [0.05, 0.1) is 19.1 Å². The Balaban J connectivity index is 0.000000878. The van der Waals surface area contributed by atoms with Crippen LogP contribution in [-0.4, -0.2) is 35.9 Å². The summed E-state index contributed by atoms with van der Waals surface area (Å²) in [6, 6.07) is 11.2. The lowest BCUT2D eigenvalue weighted by Gasteiger charge is -2.28. The summed E-state index contributed by atoms with van der Waals surface area (Å²) in [5, 5.41) is 22.5. The van der Waals surface area contributed by atoms with Gasteiger partial charge in [-0.3, -0.25) is 4.79 Å². The Morgan fingerprint density at radius 3 is 2.68 bits per heavy atom. The van der Waals surface area contributed by atoms with Crippen LogP contribution in [0.4, 0.5) is 10.1 Å². The van der Waals surface area contributed by atoms with Gasteiger partial charge in [0.1, 0.15) is 5.82 Å². The molecule has 0 saturated carbocycles. The number of aliphatic hydroxyl groups excluding tert-OH is 2. The van der Waals surface area contributed by atoms with E-state index in [2.05, 4.69) is 10.6 Å². The number of halogens is 1. The monoisotopic (exact) mass is 388 g/mol. The molecule has 1 heterocycles. The Labute approximate surface area is 165 Å². The summed E-state index contributed by atoms with van der Waals surface area (Å²) in [7, 11) is 0. The summed E-state index contributed by atoms with van der Waals surface area (Å²) in [6.45, 7) is 4.05. The van der Waals surface area contributed by atoms with Crippen molar-refractivity contribution in [2.24, 2.45) is 0 Å². The van der Waals surface area contributed by atoms with Crippen LogP contribution in [0.1, 0.15) is 41.6 Å². The minimum Gasteiger partial charge on any atom is -0.397 e. The zero-order chi connectivity index (χ0) is 20.5. The summed E-state index contributed by atoms with van der Waals surface area (Å²) in [6.07, 6.45) is 2.07. The highest BCUT2D eigenvalue weighted by Crippen LogP contribution is 2.33. The number of hydrogen-bond acceptors (Lipinski definition) is 4. The number of carbonyl (C=O) groups excluding carboxylic acids is 1. The van der Waals surface area contributed by atoms with Gasteiger partial charge in [-0.25, -0.2) is 4.39 Å². The summed E-state index contributed by atoms with van der Waals surface area (Å²) in [4.78, 5) is 11.8. The number of carbonyl (C=O) groups is 1. The number of aliphatic hydroxyl groups is 2. The predicted molar refractivity (Wildman–Crippen MR) is 109 cm³/mol. The Morgan fingerprint density at radius 1 is 1.25 bits per heavy atom. The van der Waals surface area contributed by atoms with Gasteiger partial charge in [0, 0.05) is 18.8 Å². The number of benzene rings is 2. The molecule has 0 unspecified atom stereocenters. The van der Waals surface area contributed by atoms with Gasteiger partial charge in [-0.05, 0) is 67.1 Å². The maximum Gasteiger partial charge on any atom is 0.224 e. The van der Waals surface area contributed by atoms with Crippen LogP contribution in [0.3, 0.4) is 0 Å². The van der Waals surface area contributed by atoms with E-state index in [1.165, 1.54) is 11.6 Å². The van der Waals surface area contributed by atoms with Crippen LogP contribution in [0.25, 0.3) is 0 Å². The van der Waals surface area contributed by atoms with E-state index < -0.39 is 0 Å². The maximum atomic E-state index is 13.7. The second-order valence-electron chi connectivity index (χ2n) is 6.86. The van der Waals surface area contributed by atoms with Crippen molar-refractivity contribution in [3.05, 3.63) is 64.5 Å². The summed E-state index contributed by atoms with van der Waals surface area (Å²) < 4.78 is 13.7. The zero-order valence-electron chi connectivity index (χ0n) is 16.5. The van der Waals surface area contributed by atoms with E-state index in [9.17, 15) is 9.18 Å². The molecular formula is C22H29FN2O3. The third-order valence-electron chi connectivity index (χ3n) is 4.47. The highest BCUT2D eigenvalue weighted by atomic mass is 19.1. The Kier molecular flexibility index (Phi) is 8.42. The summed E-state index contributed by atoms with van der Waals surface area (Å²) in [5.41, 5.74) is 5.06. The number of amides is 1. The molecule has 6 heteroatoms. The normalized spacial score (nSPS) is 15.0. The largest absolute Gasteiger partial charge is 0.397 e. The molecule has 0 radical (unpaired) electrons. The van der Waals surface area contributed by atoms with Crippen molar-refractivity contribution in [1.82, 2.24) is 5.32 Å². The molecule has 0 bridgehead atoms. The molecular weight excluding hydrogens is 359 g/mol. The quantitative estimate of drug-likeness (QED) is 0.635. The fourth-order valence-electron chi connectivity index (χ4n) is 3.32. The molecule has 1 amide bonds. The van der Waals surface area contributed by atoms with Gasteiger partial charge < -0.3 is 20.8 Å². The van der Waals surface area contributed by atoms with Gasteiger partial charge in [-0.2, -0.15) is 0 Å². The van der Waals surface area contributed by atoms with Crippen molar-refractivity contribution in [2.45, 2.75) is 39.2 Å². The standard InChI is InChI=1S/C20H23FN2O2.C2H6O/c1-13-8-16(12-17(21)9-13)19-5-3-15-10-14(2-4-18(15)23-19)11-20(25)22-6-7-24;1-2-3/h2,4,8-10,12,19,23-24H,3,5-7,11H2,1H3,(H,22,25);3H,2H2,1H3/t19-;/m0./s1. The lowest BCUT2D eigenvalue weighted by molar-refractivity contribution is -0.120. The maximum absolute atomic E-state index is 13.7. The molecule has 28 heavy (non-hydrogen) atoms. The number of rotatable bonds is 5. The lowest BCUT2D eigenvalue weighted by atomic mass is 9.91. The van der Waals surface area contributed by atoms with Crippen molar-refractivity contribution in [3.8, 4) is 0 Å². The smallest absolute Gasteiger partial charge is 0.224 e. The number of aryl methyl sites for hydroxylation is 2. The second kappa shape index (κ2) is 10.8. The Bertz CT molecular complexity index is 775. The van der Waals surface area contributed by atoms with Gasteiger partial charge in [-0.15, -0.1) is 0 Å². The molecule has 0 fully saturated rings. The molecule has 1 atom stereocenters. The lowest BCUT2D eigenvalue weighted by Crippen LogP contribution is -2.28. The predicted octanol–water partition coefficient (Wildman–Crippen LogP) is 2.88. The molecule has 152 valence electrons. The van der Waals surface area contributed by atoms with E-state index in [0.717, 1.165) is 35.2 Å². The van der Waals surface area contributed by atoms with Crippen LogP contribution < -0.4 is 10.6 Å². The zero-order valence-corrected chi connectivity index (χ0v) is 16.5. The topological polar surface area (TPSA) is 81.6 Å². The minimum absolute atomic E-state index is 0.0548. The van der Waals surface area contributed by atoms with Crippen LogP contribution in [-0.2, 0) is 17.6 Å². The highest BCUT2D eigenvalue weighted by Gasteiger charge is 2.20. The third-order valence-corrected chi connectivity index (χ3v) is 4.47. The molecule has 0 aromatic heterocycles. The van der Waals surface area contributed by atoms with Crippen LogP contribution in [0, 0.1) is 12.7 Å². The molecule has 0 saturated heterocycles. The summed E-state index contributed by atoms with van der Waals surface area (Å²) in [5.74, 6) is -0.294. The molecule has 4 N–H and O–H groups in total.